The Kier molecular flexibility index (Phi) is 5.26. The number of nitro groups is 1. The lowest BCUT2D eigenvalue weighted by Gasteiger charge is -2.10. The van der Waals surface area contributed by atoms with E-state index in [0.29, 0.717) is 5.75 Å². The number of aromatic nitrogens is 2. The monoisotopic (exact) mass is 396 g/mol. The summed E-state index contributed by atoms with van der Waals surface area (Å²) in [5.74, 6) is -1.47. The summed E-state index contributed by atoms with van der Waals surface area (Å²) in [5, 5.41) is 26.7. The summed E-state index contributed by atoms with van der Waals surface area (Å²) in [7, 11) is 1.42. The minimum Gasteiger partial charge on any atom is -0.478 e. The molecule has 0 saturated heterocycles. The summed E-state index contributed by atoms with van der Waals surface area (Å²) in [5.41, 5.74) is 0.244. The van der Waals surface area contributed by atoms with Crippen LogP contribution in [0.1, 0.15) is 26.4 Å². The molecular formula is C19H16N4O6. The predicted molar refractivity (Wildman–Crippen MR) is 102 cm³/mol. The van der Waals surface area contributed by atoms with Crippen LogP contribution < -0.4 is 10.1 Å². The molecular weight excluding hydrogens is 380 g/mol. The highest BCUT2D eigenvalue weighted by atomic mass is 16.6. The molecule has 0 aliphatic carbocycles. The van der Waals surface area contributed by atoms with Gasteiger partial charge in [0.2, 0.25) is 0 Å². The molecule has 2 N–H and O–H groups in total. The van der Waals surface area contributed by atoms with Crippen molar-refractivity contribution in [1.29, 1.82) is 0 Å². The van der Waals surface area contributed by atoms with Gasteiger partial charge in [0, 0.05) is 19.2 Å². The molecule has 0 bridgehead atoms. The van der Waals surface area contributed by atoms with E-state index in [1.165, 1.54) is 19.2 Å². The first kappa shape index (κ1) is 19.5. The molecule has 1 heterocycles. The van der Waals surface area contributed by atoms with Gasteiger partial charge in [0.15, 0.2) is 0 Å². The molecule has 0 aliphatic rings. The van der Waals surface area contributed by atoms with Crippen LogP contribution in [-0.2, 0) is 7.05 Å². The third-order valence-electron chi connectivity index (χ3n) is 3.97. The number of rotatable bonds is 6. The highest BCUT2D eigenvalue weighted by Crippen LogP contribution is 2.30. The highest BCUT2D eigenvalue weighted by molar-refractivity contribution is 6.09. The Hall–Kier alpha value is -4.21. The van der Waals surface area contributed by atoms with Crippen molar-refractivity contribution >= 4 is 23.3 Å². The van der Waals surface area contributed by atoms with Crippen molar-refractivity contribution in [3.63, 3.8) is 0 Å². The second-order valence-corrected chi connectivity index (χ2v) is 6.18. The van der Waals surface area contributed by atoms with Crippen LogP contribution in [0.2, 0.25) is 0 Å². The number of hydrogen-bond donors (Lipinski definition) is 2. The number of hydrogen-bond acceptors (Lipinski definition) is 6. The lowest BCUT2D eigenvalue weighted by Crippen LogP contribution is -2.19. The first-order valence-corrected chi connectivity index (χ1v) is 8.35. The van der Waals surface area contributed by atoms with E-state index in [9.17, 15) is 24.8 Å². The first-order valence-electron chi connectivity index (χ1n) is 8.35. The smallest absolute Gasteiger partial charge is 0.339 e. The fourth-order valence-electron chi connectivity index (χ4n) is 2.69. The number of carbonyl (C=O) groups excluding carboxylic acids is 1. The number of nitro benzene ring substituents is 1. The second-order valence-electron chi connectivity index (χ2n) is 6.18. The Labute approximate surface area is 164 Å². The highest BCUT2D eigenvalue weighted by Gasteiger charge is 2.22. The zero-order chi connectivity index (χ0) is 21.1. The van der Waals surface area contributed by atoms with E-state index in [1.807, 2.05) is 13.0 Å². The molecule has 0 atom stereocenters. The topological polar surface area (TPSA) is 137 Å². The standard InChI is InChI=1S/C19H16N4O6/c1-11-4-3-5-14(6-11)29-15-8-12(7-13(9-15)23(27)28)21-18(24)17-16(19(25)26)10-20-22(17)2/h3-10H,1-2H3,(H,21,24)(H,25,26). The maximum Gasteiger partial charge on any atom is 0.339 e. The van der Waals surface area contributed by atoms with E-state index >= 15 is 0 Å². The molecule has 3 aromatic rings. The molecule has 0 spiro atoms. The first-order chi connectivity index (χ1) is 13.7. The SMILES string of the molecule is Cc1cccc(Oc2cc(NC(=O)c3c(C(=O)O)cnn3C)cc([N+](=O)[O-])c2)c1. The van der Waals surface area contributed by atoms with Crippen molar-refractivity contribution in [1.82, 2.24) is 9.78 Å². The number of carboxylic acid groups (broad SMARTS) is 1. The van der Waals surface area contributed by atoms with Crippen LogP contribution in [0.3, 0.4) is 0 Å². The number of non-ortho nitro benzene ring substituents is 1. The Bertz CT molecular complexity index is 1120. The van der Waals surface area contributed by atoms with Gasteiger partial charge < -0.3 is 15.2 Å². The number of carbonyl (C=O) groups is 2. The van der Waals surface area contributed by atoms with E-state index in [1.54, 1.807) is 18.2 Å². The van der Waals surface area contributed by atoms with Crippen LogP contribution in [0, 0.1) is 17.0 Å². The van der Waals surface area contributed by atoms with Gasteiger partial charge in [0.05, 0.1) is 22.9 Å². The fraction of sp³-hybridized carbons (Fsp3) is 0.105. The number of aryl methyl sites for hydroxylation is 2. The molecule has 0 radical (unpaired) electrons. The van der Waals surface area contributed by atoms with Crippen molar-refractivity contribution in [2.45, 2.75) is 6.92 Å². The molecule has 148 valence electrons. The molecule has 0 aliphatic heterocycles. The summed E-state index contributed by atoms with van der Waals surface area (Å²) in [6.07, 6.45) is 1.05. The molecule has 2 aromatic carbocycles. The maximum atomic E-state index is 12.6. The van der Waals surface area contributed by atoms with E-state index in [-0.39, 0.29) is 28.4 Å². The van der Waals surface area contributed by atoms with Crippen molar-refractivity contribution in [2.24, 2.45) is 7.05 Å². The van der Waals surface area contributed by atoms with Gasteiger partial charge in [-0.2, -0.15) is 5.10 Å². The number of aromatic carboxylic acids is 1. The number of anilines is 1. The molecule has 3 rings (SSSR count). The van der Waals surface area contributed by atoms with Gasteiger partial charge in [-0.1, -0.05) is 12.1 Å². The summed E-state index contributed by atoms with van der Waals surface area (Å²) in [6.45, 7) is 1.87. The van der Waals surface area contributed by atoms with E-state index in [2.05, 4.69) is 10.4 Å². The summed E-state index contributed by atoms with van der Waals surface area (Å²) in [6, 6.07) is 10.9. The van der Waals surface area contributed by atoms with Gasteiger partial charge in [-0.15, -0.1) is 0 Å². The van der Waals surface area contributed by atoms with Crippen molar-refractivity contribution < 1.29 is 24.4 Å². The van der Waals surface area contributed by atoms with Crippen LogP contribution >= 0.6 is 0 Å². The summed E-state index contributed by atoms with van der Waals surface area (Å²) >= 11 is 0. The van der Waals surface area contributed by atoms with Crippen LogP contribution in [0.5, 0.6) is 11.5 Å². The van der Waals surface area contributed by atoms with Crippen molar-refractivity contribution in [2.75, 3.05) is 5.32 Å². The van der Waals surface area contributed by atoms with Crippen LogP contribution in [0.15, 0.2) is 48.7 Å². The zero-order valence-electron chi connectivity index (χ0n) is 15.4. The normalized spacial score (nSPS) is 10.4. The predicted octanol–water partition coefficient (Wildman–Crippen LogP) is 3.38. The number of benzene rings is 2. The minimum absolute atomic E-state index is 0.0735. The second kappa shape index (κ2) is 7.80. The lowest BCUT2D eigenvalue weighted by atomic mass is 10.2. The third kappa shape index (κ3) is 4.38. The van der Waals surface area contributed by atoms with Crippen LogP contribution in [0.4, 0.5) is 11.4 Å². The number of nitrogens with one attached hydrogen (secondary N) is 1. The molecule has 10 heteroatoms. The quantitative estimate of drug-likeness (QED) is 0.481. The molecule has 10 nitrogen and oxygen atoms in total. The number of carboxylic acids is 1. The fourth-order valence-corrected chi connectivity index (χ4v) is 2.69. The van der Waals surface area contributed by atoms with E-state index in [4.69, 9.17) is 4.74 Å². The molecule has 0 fully saturated rings. The van der Waals surface area contributed by atoms with Gasteiger partial charge in [-0.3, -0.25) is 19.6 Å². The number of amides is 1. The van der Waals surface area contributed by atoms with Crippen LogP contribution in [-0.4, -0.2) is 31.7 Å². The molecule has 0 saturated carbocycles. The van der Waals surface area contributed by atoms with Gasteiger partial charge in [-0.05, 0) is 24.6 Å². The lowest BCUT2D eigenvalue weighted by molar-refractivity contribution is -0.384. The van der Waals surface area contributed by atoms with Crippen LogP contribution in [0.25, 0.3) is 0 Å². The molecule has 1 aromatic heterocycles. The Morgan fingerprint density at radius 3 is 2.62 bits per heavy atom. The zero-order valence-corrected chi connectivity index (χ0v) is 15.4. The largest absolute Gasteiger partial charge is 0.478 e. The van der Waals surface area contributed by atoms with Crippen molar-refractivity contribution in [3.05, 3.63) is 75.6 Å². The minimum atomic E-state index is -1.31. The van der Waals surface area contributed by atoms with E-state index in [0.717, 1.165) is 22.5 Å². The average molecular weight is 396 g/mol. The molecule has 1 amide bonds. The Balaban J connectivity index is 1.94. The summed E-state index contributed by atoms with van der Waals surface area (Å²) in [4.78, 5) is 34.5. The maximum absolute atomic E-state index is 12.6. The third-order valence-corrected chi connectivity index (χ3v) is 3.97. The van der Waals surface area contributed by atoms with Gasteiger partial charge in [-0.25, -0.2) is 4.79 Å². The number of nitrogens with zero attached hydrogens (tertiary/aromatic N) is 3. The van der Waals surface area contributed by atoms with Crippen molar-refractivity contribution in [3.8, 4) is 11.5 Å². The Morgan fingerprint density at radius 2 is 1.97 bits per heavy atom. The molecule has 29 heavy (non-hydrogen) atoms. The Morgan fingerprint density at radius 1 is 1.21 bits per heavy atom. The average Bonchev–Trinajstić information content (AvgIpc) is 3.03. The van der Waals surface area contributed by atoms with Gasteiger partial charge in [0.1, 0.15) is 22.8 Å². The van der Waals surface area contributed by atoms with Gasteiger partial charge >= 0.3 is 5.97 Å². The van der Waals surface area contributed by atoms with Gasteiger partial charge in [0.25, 0.3) is 11.6 Å². The number of ether oxygens (including phenoxy) is 1. The molecule has 0 unspecified atom stereocenters. The van der Waals surface area contributed by atoms with E-state index < -0.39 is 16.8 Å². The summed E-state index contributed by atoms with van der Waals surface area (Å²) < 4.78 is 6.79.